The highest BCUT2D eigenvalue weighted by atomic mass is 14.3. The highest BCUT2D eigenvalue weighted by molar-refractivity contribution is 5.08. The average molecular weight is 192 g/mol. The van der Waals surface area contributed by atoms with Gasteiger partial charge in [-0.3, -0.25) is 0 Å². The van der Waals surface area contributed by atoms with Crippen LogP contribution in [0.5, 0.6) is 0 Å². The molecule has 0 aliphatic heterocycles. The van der Waals surface area contributed by atoms with Gasteiger partial charge in [0, 0.05) is 0 Å². The zero-order valence-electron chi connectivity index (χ0n) is 10.3. The van der Waals surface area contributed by atoms with Crippen molar-refractivity contribution in [1.82, 2.24) is 0 Å². The largest absolute Gasteiger partial charge is 0.126 e. The topological polar surface area (TPSA) is 0 Å². The van der Waals surface area contributed by atoms with Gasteiger partial charge in [-0.1, -0.05) is 34.1 Å². The first-order chi connectivity index (χ1) is 6.56. The molecule has 0 aromatic rings. The van der Waals surface area contributed by atoms with Gasteiger partial charge in [0.1, 0.15) is 0 Å². The van der Waals surface area contributed by atoms with Gasteiger partial charge >= 0.3 is 0 Å². The molecule has 0 N–H and O–H groups in total. The maximum atomic E-state index is 3.48. The van der Waals surface area contributed by atoms with Crippen molar-refractivity contribution in [1.29, 1.82) is 0 Å². The Morgan fingerprint density at radius 1 is 1.50 bits per heavy atom. The highest BCUT2D eigenvalue weighted by Gasteiger charge is 2.29. The summed E-state index contributed by atoms with van der Waals surface area (Å²) in [6.07, 6.45) is 4.93. The molecule has 80 valence electrons. The van der Waals surface area contributed by atoms with Crippen molar-refractivity contribution in [3.05, 3.63) is 17.4 Å². The van der Waals surface area contributed by atoms with Crippen molar-refractivity contribution in [3.63, 3.8) is 0 Å². The molecule has 0 aromatic heterocycles. The molecule has 0 heteroatoms. The summed E-state index contributed by atoms with van der Waals surface area (Å²) in [4.78, 5) is 0. The van der Waals surface area contributed by atoms with Crippen molar-refractivity contribution in [2.75, 3.05) is 0 Å². The molecule has 0 saturated heterocycles. The molecule has 0 aromatic carbocycles. The molecule has 0 heterocycles. The minimum atomic E-state index is 0.685. The SMILES string of the molecule is CCC(C)C(C)C(C)=C=CC1CC1C. The van der Waals surface area contributed by atoms with Gasteiger partial charge in [0.25, 0.3) is 0 Å². The van der Waals surface area contributed by atoms with Gasteiger partial charge < -0.3 is 0 Å². The fraction of sp³-hybridized carbons (Fsp3) is 0.786. The van der Waals surface area contributed by atoms with Crippen LogP contribution in [0.4, 0.5) is 0 Å². The zero-order valence-corrected chi connectivity index (χ0v) is 10.3. The van der Waals surface area contributed by atoms with Crippen molar-refractivity contribution in [3.8, 4) is 0 Å². The van der Waals surface area contributed by atoms with Gasteiger partial charge in [-0.25, -0.2) is 0 Å². The molecular weight excluding hydrogens is 168 g/mol. The number of hydrogen-bond donors (Lipinski definition) is 0. The van der Waals surface area contributed by atoms with E-state index in [2.05, 4.69) is 46.4 Å². The lowest BCUT2D eigenvalue weighted by Crippen LogP contribution is -2.07. The van der Waals surface area contributed by atoms with E-state index in [1.54, 1.807) is 0 Å². The summed E-state index contributed by atoms with van der Waals surface area (Å²) in [6.45, 7) is 11.5. The maximum absolute atomic E-state index is 3.48. The van der Waals surface area contributed by atoms with Crippen LogP contribution in [0.3, 0.4) is 0 Å². The Hall–Kier alpha value is -0.480. The molecule has 0 nitrogen and oxygen atoms in total. The Labute approximate surface area is 89.1 Å². The number of rotatable bonds is 4. The first kappa shape index (κ1) is 11.6. The first-order valence-corrected chi connectivity index (χ1v) is 5.99. The quantitative estimate of drug-likeness (QED) is 0.578. The third-order valence-electron chi connectivity index (χ3n) is 3.88. The van der Waals surface area contributed by atoms with Crippen LogP contribution in [-0.2, 0) is 0 Å². The van der Waals surface area contributed by atoms with Crippen molar-refractivity contribution >= 4 is 0 Å². The lowest BCUT2D eigenvalue weighted by molar-refractivity contribution is 0.428. The van der Waals surface area contributed by atoms with E-state index in [0.29, 0.717) is 5.92 Å². The highest BCUT2D eigenvalue weighted by Crippen LogP contribution is 2.38. The van der Waals surface area contributed by atoms with Gasteiger partial charge in [0.05, 0.1) is 0 Å². The molecule has 4 atom stereocenters. The van der Waals surface area contributed by atoms with E-state index in [4.69, 9.17) is 0 Å². The Morgan fingerprint density at radius 2 is 2.07 bits per heavy atom. The van der Waals surface area contributed by atoms with Crippen LogP contribution >= 0.6 is 0 Å². The predicted octanol–water partition coefficient (Wildman–Crippen LogP) is 4.43. The lowest BCUT2D eigenvalue weighted by Gasteiger charge is -2.17. The summed E-state index contributed by atoms with van der Waals surface area (Å²) in [5.74, 6) is 3.21. The molecule has 0 amide bonds. The van der Waals surface area contributed by atoms with E-state index >= 15 is 0 Å². The van der Waals surface area contributed by atoms with E-state index in [1.165, 1.54) is 18.4 Å². The Balaban J connectivity index is 2.54. The van der Waals surface area contributed by atoms with Gasteiger partial charge in [-0.2, -0.15) is 0 Å². The van der Waals surface area contributed by atoms with Gasteiger partial charge in [0.15, 0.2) is 0 Å². The van der Waals surface area contributed by atoms with Crippen molar-refractivity contribution < 1.29 is 0 Å². The van der Waals surface area contributed by atoms with Crippen molar-refractivity contribution in [2.45, 2.75) is 47.5 Å². The molecule has 1 aliphatic carbocycles. The van der Waals surface area contributed by atoms with Crippen LogP contribution in [0.2, 0.25) is 0 Å². The second kappa shape index (κ2) is 4.84. The second-order valence-electron chi connectivity index (χ2n) is 5.05. The first-order valence-electron chi connectivity index (χ1n) is 5.99. The van der Waals surface area contributed by atoms with Crippen LogP contribution in [-0.4, -0.2) is 0 Å². The van der Waals surface area contributed by atoms with Gasteiger partial charge in [0.2, 0.25) is 0 Å². The fourth-order valence-corrected chi connectivity index (χ4v) is 1.73. The van der Waals surface area contributed by atoms with E-state index in [-0.39, 0.29) is 0 Å². The fourth-order valence-electron chi connectivity index (χ4n) is 1.73. The Kier molecular flexibility index (Phi) is 4.01. The number of hydrogen-bond acceptors (Lipinski definition) is 0. The maximum Gasteiger partial charge on any atom is -0.0129 e. The molecule has 0 bridgehead atoms. The molecule has 14 heavy (non-hydrogen) atoms. The Bertz CT molecular complexity index is 243. The molecule has 1 aliphatic rings. The molecular formula is C14H24. The Morgan fingerprint density at radius 3 is 2.50 bits per heavy atom. The van der Waals surface area contributed by atoms with Crippen molar-refractivity contribution in [2.24, 2.45) is 23.7 Å². The molecule has 1 fully saturated rings. The standard InChI is InChI=1S/C14H24/c1-6-10(2)13(5)11(3)7-8-14-9-12(14)4/h8,10,12-14H,6,9H2,1-5H3. The normalized spacial score (nSPS) is 28.9. The minimum Gasteiger partial charge on any atom is -0.126 e. The summed E-state index contributed by atoms with van der Waals surface area (Å²) in [5.41, 5.74) is 4.91. The zero-order chi connectivity index (χ0) is 10.7. The van der Waals surface area contributed by atoms with Crippen LogP contribution < -0.4 is 0 Å². The summed E-state index contributed by atoms with van der Waals surface area (Å²) in [7, 11) is 0. The lowest BCUT2D eigenvalue weighted by atomic mass is 9.88. The monoisotopic (exact) mass is 192 g/mol. The molecule has 0 spiro atoms. The van der Waals surface area contributed by atoms with Crippen LogP contribution in [0.25, 0.3) is 0 Å². The van der Waals surface area contributed by atoms with E-state index in [0.717, 1.165) is 17.8 Å². The minimum absolute atomic E-state index is 0.685. The van der Waals surface area contributed by atoms with Crippen LogP contribution in [0.1, 0.15) is 47.5 Å². The number of allylic oxidation sites excluding steroid dienone is 1. The predicted molar refractivity (Wildman–Crippen MR) is 63.2 cm³/mol. The van der Waals surface area contributed by atoms with Crippen LogP contribution in [0.15, 0.2) is 17.4 Å². The van der Waals surface area contributed by atoms with Crippen LogP contribution in [0, 0.1) is 23.7 Å². The van der Waals surface area contributed by atoms with E-state index in [1.807, 2.05) is 0 Å². The van der Waals surface area contributed by atoms with E-state index in [9.17, 15) is 0 Å². The van der Waals surface area contributed by atoms with E-state index < -0.39 is 0 Å². The third-order valence-corrected chi connectivity index (χ3v) is 3.88. The summed E-state index contributed by atoms with van der Waals surface area (Å²) >= 11 is 0. The summed E-state index contributed by atoms with van der Waals surface area (Å²) in [6, 6.07) is 0. The second-order valence-corrected chi connectivity index (χ2v) is 5.05. The molecule has 1 saturated carbocycles. The summed E-state index contributed by atoms with van der Waals surface area (Å²) < 4.78 is 0. The molecule has 0 radical (unpaired) electrons. The summed E-state index contributed by atoms with van der Waals surface area (Å²) in [5, 5.41) is 0. The van der Waals surface area contributed by atoms with Gasteiger partial charge in [-0.05, 0) is 48.7 Å². The average Bonchev–Trinajstić information content (AvgIpc) is 2.88. The van der Waals surface area contributed by atoms with Gasteiger partial charge in [-0.15, -0.1) is 5.73 Å². The molecule has 4 unspecified atom stereocenters. The molecule has 1 rings (SSSR count). The smallest absolute Gasteiger partial charge is 0.0129 e. The third kappa shape index (κ3) is 3.03.